The highest BCUT2D eigenvalue weighted by molar-refractivity contribution is 5.96. The molecule has 2 unspecified atom stereocenters. The van der Waals surface area contributed by atoms with Crippen LogP contribution in [0.1, 0.15) is 23.5 Å². The minimum Gasteiger partial charge on any atom is -0.491 e. The van der Waals surface area contributed by atoms with Crippen LogP contribution in [-0.4, -0.2) is 12.5 Å². The summed E-state index contributed by atoms with van der Waals surface area (Å²) in [7, 11) is 0. The summed E-state index contributed by atoms with van der Waals surface area (Å²) >= 11 is 0. The molecule has 3 nitrogen and oxygen atoms in total. The second-order valence-corrected chi connectivity index (χ2v) is 7.07. The lowest BCUT2D eigenvalue weighted by Crippen LogP contribution is -2.15. The predicted molar refractivity (Wildman–Crippen MR) is 108 cm³/mol. The van der Waals surface area contributed by atoms with Crippen molar-refractivity contribution in [3.05, 3.63) is 95.8 Å². The number of hydrogen-bond acceptors (Lipinski definition) is 2. The fraction of sp³-hybridized carbons (Fsp3) is 0.208. The van der Waals surface area contributed by atoms with Crippen molar-refractivity contribution in [3.8, 4) is 5.75 Å². The van der Waals surface area contributed by atoms with Gasteiger partial charge in [-0.3, -0.25) is 4.79 Å². The Hall–Kier alpha value is -3.14. The van der Waals surface area contributed by atoms with Crippen molar-refractivity contribution in [2.75, 3.05) is 11.9 Å². The number of ether oxygens (including phenoxy) is 1. The van der Waals surface area contributed by atoms with Gasteiger partial charge in [-0.15, -0.1) is 0 Å². The number of para-hydroxylation sites is 2. The van der Waals surface area contributed by atoms with Gasteiger partial charge in [-0.2, -0.15) is 0 Å². The van der Waals surface area contributed by atoms with Crippen molar-refractivity contribution in [1.82, 2.24) is 0 Å². The van der Waals surface area contributed by atoms with Crippen molar-refractivity contribution in [3.63, 3.8) is 0 Å². The third kappa shape index (κ3) is 4.39. The first kappa shape index (κ1) is 18.2. The van der Waals surface area contributed by atoms with Gasteiger partial charge < -0.3 is 10.1 Å². The maximum absolute atomic E-state index is 13.1. The molecule has 1 aliphatic rings. The van der Waals surface area contributed by atoms with E-state index < -0.39 is 0 Å². The zero-order chi connectivity index (χ0) is 19.3. The Morgan fingerprint density at radius 2 is 1.68 bits per heavy atom. The smallest absolute Gasteiger partial charge is 0.228 e. The minimum absolute atomic E-state index is 0.0200. The summed E-state index contributed by atoms with van der Waals surface area (Å²) < 4.78 is 19.0. The van der Waals surface area contributed by atoms with Crippen LogP contribution in [0.2, 0.25) is 0 Å². The van der Waals surface area contributed by atoms with E-state index in [1.54, 1.807) is 12.1 Å². The molecule has 1 aliphatic carbocycles. The van der Waals surface area contributed by atoms with E-state index in [9.17, 15) is 9.18 Å². The predicted octanol–water partition coefficient (Wildman–Crippen LogP) is 5.19. The molecule has 0 aliphatic heterocycles. The average molecular weight is 375 g/mol. The first-order valence-electron chi connectivity index (χ1n) is 9.53. The van der Waals surface area contributed by atoms with Gasteiger partial charge in [0.25, 0.3) is 0 Å². The van der Waals surface area contributed by atoms with Crippen LogP contribution in [0.15, 0.2) is 78.9 Å². The van der Waals surface area contributed by atoms with Crippen LogP contribution in [0.25, 0.3) is 0 Å². The number of benzene rings is 3. The molecule has 3 aromatic carbocycles. The second-order valence-electron chi connectivity index (χ2n) is 7.07. The molecule has 0 radical (unpaired) electrons. The van der Waals surface area contributed by atoms with Crippen LogP contribution < -0.4 is 10.1 Å². The van der Waals surface area contributed by atoms with E-state index in [4.69, 9.17) is 4.74 Å². The van der Waals surface area contributed by atoms with E-state index in [1.165, 1.54) is 17.7 Å². The van der Waals surface area contributed by atoms with Crippen LogP contribution in [0.5, 0.6) is 5.75 Å². The van der Waals surface area contributed by atoms with Crippen molar-refractivity contribution >= 4 is 11.6 Å². The Labute approximate surface area is 164 Å². The number of anilines is 1. The molecule has 0 saturated heterocycles. The first-order valence-corrected chi connectivity index (χ1v) is 9.53. The van der Waals surface area contributed by atoms with E-state index in [0.717, 1.165) is 18.4 Å². The third-order valence-electron chi connectivity index (χ3n) is 5.06. The minimum atomic E-state index is -0.257. The van der Waals surface area contributed by atoms with Crippen LogP contribution in [0, 0.1) is 11.7 Å². The Balaban J connectivity index is 1.34. The van der Waals surface area contributed by atoms with Gasteiger partial charge >= 0.3 is 0 Å². The van der Waals surface area contributed by atoms with E-state index in [1.807, 2.05) is 42.5 Å². The molecule has 28 heavy (non-hydrogen) atoms. The van der Waals surface area contributed by atoms with Gasteiger partial charge in [-0.1, -0.05) is 54.6 Å². The quantitative estimate of drug-likeness (QED) is 0.617. The summed E-state index contributed by atoms with van der Waals surface area (Å²) in [4.78, 5) is 12.6. The van der Waals surface area contributed by atoms with Gasteiger partial charge in [0.05, 0.1) is 12.3 Å². The van der Waals surface area contributed by atoms with Crippen molar-refractivity contribution in [2.45, 2.75) is 18.8 Å². The fourth-order valence-corrected chi connectivity index (χ4v) is 3.41. The molecule has 1 saturated carbocycles. The first-order chi connectivity index (χ1) is 13.7. The molecule has 4 rings (SSSR count). The number of nitrogens with one attached hydrogen (secondary N) is 1. The molecular weight excluding hydrogens is 353 g/mol. The van der Waals surface area contributed by atoms with E-state index in [0.29, 0.717) is 18.0 Å². The zero-order valence-electron chi connectivity index (χ0n) is 15.5. The average Bonchev–Trinajstić information content (AvgIpc) is 3.52. The lowest BCUT2D eigenvalue weighted by Gasteiger charge is -2.12. The highest BCUT2D eigenvalue weighted by Gasteiger charge is 2.44. The largest absolute Gasteiger partial charge is 0.491 e. The van der Waals surface area contributed by atoms with Crippen LogP contribution in [-0.2, 0) is 11.2 Å². The Morgan fingerprint density at radius 1 is 0.964 bits per heavy atom. The topological polar surface area (TPSA) is 38.3 Å². The molecule has 142 valence electrons. The third-order valence-corrected chi connectivity index (χ3v) is 5.06. The van der Waals surface area contributed by atoms with E-state index in [2.05, 4.69) is 17.4 Å². The number of amides is 1. The van der Waals surface area contributed by atoms with Gasteiger partial charge in [-0.25, -0.2) is 4.39 Å². The summed E-state index contributed by atoms with van der Waals surface area (Å²) in [6, 6.07) is 24.0. The molecule has 4 heteroatoms. The Bertz CT molecular complexity index is 940. The van der Waals surface area contributed by atoms with Crippen LogP contribution in [0.3, 0.4) is 0 Å². The van der Waals surface area contributed by atoms with Gasteiger partial charge in [0.1, 0.15) is 11.6 Å². The van der Waals surface area contributed by atoms with Crippen molar-refractivity contribution in [2.24, 2.45) is 5.92 Å². The van der Waals surface area contributed by atoms with Gasteiger partial charge in [0.15, 0.2) is 0 Å². The molecule has 2 atom stereocenters. The Kier molecular flexibility index (Phi) is 5.38. The zero-order valence-corrected chi connectivity index (χ0v) is 15.5. The molecule has 1 amide bonds. The lowest BCUT2D eigenvalue weighted by atomic mass is 10.1. The number of hydrogen-bond donors (Lipinski definition) is 1. The standard InChI is InChI=1S/C24H22FNO2/c25-19-12-10-18(11-13-19)20-16-21(20)24(27)26-22-8-4-5-9-23(22)28-15-14-17-6-2-1-3-7-17/h1-13,20-21H,14-16H2,(H,26,27). The molecule has 0 bridgehead atoms. The van der Waals surface area contributed by atoms with Crippen LogP contribution >= 0.6 is 0 Å². The van der Waals surface area contributed by atoms with E-state index >= 15 is 0 Å². The van der Waals surface area contributed by atoms with Crippen LogP contribution in [0.4, 0.5) is 10.1 Å². The Morgan fingerprint density at radius 3 is 2.46 bits per heavy atom. The van der Waals surface area contributed by atoms with Crippen molar-refractivity contribution in [1.29, 1.82) is 0 Å². The molecule has 1 N–H and O–H groups in total. The monoisotopic (exact) mass is 375 g/mol. The fourth-order valence-electron chi connectivity index (χ4n) is 3.41. The summed E-state index contributed by atoms with van der Waals surface area (Å²) in [6.07, 6.45) is 1.59. The lowest BCUT2D eigenvalue weighted by molar-refractivity contribution is -0.117. The summed E-state index contributed by atoms with van der Waals surface area (Å²) in [5.41, 5.74) is 2.91. The summed E-state index contributed by atoms with van der Waals surface area (Å²) in [5.74, 6) is 0.473. The summed E-state index contributed by atoms with van der Waals surface area (Å²) in [5, 5.41) is 2.99. The molecule has 0 spiro atoms. The van der Waals surface area contributed by atoms with E-state index in [-0.39, 0.29) is 23.6 Å². The van der Waals surface area contributed by atoms with Gasteiger partial charge in [0.2, 0.25) is 5.91 Å². The number of carbonyl (C=O) groups excluding carboxylic acids is 1. The molecular formula is C24H22FNO2. The second kappa shape index (κ2) is 8.26. The SMILES string of the molecule is O=C(Nc1ccccc1OCCc1ccccc1)C1CC1c1ccc(F)cc1. The van der Waals surface area contributed by atoms with Crippen molar-refractivity contribution < 1.29 is 13.9 Å². The highest BCUT2D eigenvalue weighted by Crippen LogP contribution is 2.48. The highest BCUT2D eigenvalue weighted by atomic mass is 19.1. The number of halogens is 1. The number of carbonyl (C=O) groups is 1. The normalized spacial score (nSPS) is 17.8. The van der Waals surface area contributed by atoms with Gasteiger partial charge in [-0.05, 0) is 47.7 Å². The molecule has 1 fully saturated rings. The molecule has 3 aromatic rings. The molecule has 0 aromatic heterocycles. The summed E-state index contributed by atoms with van der Waals surface area (Å²) in [6.45, 7) is 0.540. The van der Waals surface area contributed by atoms with Gasteiger partial charge in [0, 0.05) is 12.3 Å². The molecule has 0 heterocycles. The maximum atomic E-state index is 13.1. The maximum Gasteiger partial charge on any atom is 0.228 e. The number of rotatable bonds is 7.